The maximum Gasteiger partial charge on any atom is 0.0791 e. The summed E-state index contributed by atoms with van der Waals surface area (Å²) >= 11 is 0. The third-order valence-corrected chi connectivity index (χ3v) is 2.87. The van der Waals surface area contributed by atoms with E-state index in [2.05, 4.69) is 44.8 Å². The van der Waals surface area contributed by atoms with Crippen molar-refractivity contribution in [1.29, 1.82) is 0 Å². The predicted molar refractivity (Wildman–Crippen MR) is 59.4 cm³/mol. The molecule has 0 aromatic heterocycles. The molecule has 0 bridgehead atoms. The van der Waals surface area contributed by atoms with E-state index in [1.54, 1.807) is 0 Å². The van der Waals surface area contributed by atoms with Crippen LogP contribution < -0.4 is 5.32 Å². The van der Waals surface area contributed by atoms with E-state index in [4.69, 9.17) is 0 Å². The molecule has 1 saturated heterocycles. The number of nitrogens with zero attached hydrogens (tertiary/aromatic N) is 1. The van der Waals surface area contributed by atoms with Crippen LogP contribution in [-0.2, 0) is 0 Å². The van der Waals surface area contributed by atoms with Crippen molar-refractivity contribution in [2.45, 2.75) is 51.8 Å². The zero-order valence-corrected chi connectivity index (χ0v) is 10.1. The Kier molecular flexibility index (Phi) is 3.24. The second kappa shape index (κ2) is 3.80. The summed E-state index contributed by atoms with van der Waals surface area (Å²) in [7, 11) is 0. The minimum Gasteiger partial charge on any atom is -0.390 e. The first kappa shape index (κ1) is 12.0. The minimum atomic E-state index is -0.254. The van der Waals surface area contributed by atoms with E-state index in [1.807, 2.05) is 0 Å². The summed E-state index contributed by atoms with van der Waals surface area (Å²) in [6.45, 7) is 13.4. The monoisotopic (exact) mass is 200 g/mol. The number of β-amino-alcohol motifs (C(OH)–C–C–N with tert-alkyl or cyclic N) is 1. The number of aliphatic hydroxyl groups is 1. The maximum absolute atomic E-state index is 9.75. The van der Waals surface area contributed by atoms with Crippen LogP contribution >= 0.6 is 0 Å². The van der Waals surface area contributed by atoms with Crippen molar-refractivity contribution in [3.63, 3.8) is 0 Å². The molecule has 1 heterocycles. The molecule has 3 nitrogen and oxygen atoms in total. The first-order valence-corrected chi connectivity index (χ1v) is 5.40. The number of hydrogen-bond donors (Lipinski definition) is 2. The van der Waals surface area contributed by atoms with Gasteiger partial charge in [0.15, 0.2) is 0 Å². The molecule has 0 aromatic carbocycles. The molecule has 0 spiro atoms. The summed E-state index contributed by atoms with van der Waals surface area (Å²) in [6, 6.07) is 0. The summed E-state index contributed by atoms with van der Waals surface area (Å²) in [4.78, 5) is 2.38. The van der Waals surface area contributed by atoms with Crippen molar-refractivity contribution in [3.05, 3.63) is 0 Å². The SMILES string of the molecule is CC(C)(C)N1CC(O)CNCC1(C)C. The van der Waals surface area contributed by atoms with E-state index in [-0.39, 0.29) is 17.2 Å². The number of rotatable bonds is 0. The van der Waals surface area contributed by atoms with Gasteiger partial charge in [-0.2, -0.15) is 0 Å². The van der Waals surface area contributed by atoms with Gasteiger partial charge in [0.05, 0.1) is 6.10 Å². The molecule has 1 aliphatic heterocycles. The molecular formula is C11H24N2O. The fraction of sp³-hybridized carbons (Fsp3) is 1.00. The fourth-order valence-corrected chi connectivity index (χ4v) is 2.34. The van der Waals surface area contributed by atoms with Gasteiger partial charge >= 0.3 is 0 Å². The van der Waals surface area contributed by atoms with Gasteiger partial charge < -0.3 is 10.4 Å². The Morgan fingerprint density at radius 3 is 2.43 bits per heavy atom. The van der Waals surface area contributed by atoms with Crippen molar-refractivity contribution in [2.75, 3.05) is 19.6 Å². The van der Waals surface area contributed by atoms with Gasteiger partial charge in [-0.15, -0.1) is 0 Å². The van der Waals surface area contributed by atoms with Gasteiger partial charge in [-0.05, 0) is 34.6 Å². The molecule has 1 unspecified atom stereocenters. The molecule has 0 amide bonds. The zero-order valence-electron chi connectivity index (χ0n) is 10.1. The molecule has 0 radical (unpaired) electrons. The van der Waals surface area contributed by atoms with Gasteiger partial charge in [0, 0.05) is 30.7 Å². The molecule has 0 aromatic rings. The Bertz CT molecular complexity index is 196. The van der Waals surface area contributed by atoms with Crippen molar-refractivity contribution in [1.82, 2.24) is 10.2 Å². The van der Waals surface area contributed by atoms with E-state index in [1.165, 1.54) is 0 Å². The maximum atomic E-state index is 9.75. The van der Waals surface area contributed by atoms with Crippen LogP contribution in [0, 0.1) is 0 Å². The fourth-order valence-electron chi connectivity index (χ4n) is 2.34. The van der Waals surface area contributed by atoms with Crippen molar-refractivity contribution < 1.29 is 5.11 Å². The van der Waals surface area contributed by atoms with Gasteiger partial charge in [-0.25, -0.2) is 0 Å². The Morgan fingerprint density at radius 2 is 1.93 bits per heavy atom. The highest BCUT2D eigenvalue weighted by atomic mass is 16.3. The topological polar surface area (TPSA) is 35.5 Å². The third kappa shape index (κ3) is 2.69. The second-order valence-electron chi connectivity index (χ2n) is 5.88. The average Bonchev–Trinajstić information content (AvgIpc) is 2.08. The summed E-state index contributed by atoms with van der Waals surface area (Å²) in [5.74, 6) is 0. The normalized spacial score (nSPS) is 30.0. The lowest BCUT2D eigenvalue weighted by atomic mass is 9.94. The summed E-state index contributed by atoms with van der Waals surface area (Å²) in [5, 5.41) is 13.0. The molecule has 0 aliphatic carbocycles. The van der Waals surface area contributed by atoms with Crippen LogP contribution in [0.5, 0.6) is 0 Å². The molecule has 2 N–H and O–H groups in total. The number of aliphatic hydroxyl groups excluding tert-OH is 1. The highest BCUT2D eigenvalue weighted by Crippen LogP contribution is 2.26. The van der Waals surface area contributed by atoms with Gasteiger partial charge in [-0.3, -0.25) is 4.90 Å². The smallest absolute Gasteiger partial charge is 0.0791 e. The van der Waals surface area contributed by atoms with Crippen LogP contribution in [0.25, 0.3) is 0 Å². The van der Waals surface area contributed by atoms with Gasteiger partial charge in [-0.1, -0.05) is 0 Å². The molecule has 1 atom stereocenters. The van der Waals surface area contributed by atoms with Gasteiger partial charge in [0.2, 0.25) is 0 Å². The van der Waals surface area contributed by atoms with Crippen LogP contribution in [-0.4, -0.2) is 46.8 Å². The molecule has 1 fully saturated rings. The Balaban J connectivity index is 2.85. The highest BCUT2D eigenvalue weighted by molar-refractivity contribution is 4.95. The van der Waals surface area contributed by atoms with E-state index in [0.717, 1.165) is 13.1 Å². The average molecular weight is 200 g/mol. The quantitative estimate of drug-likeness (QED) is 0.608. The Morgan fingerprint density at radius 1 is 1.36 bits per heavy atom. The van der Waals surface area contributed by atoms with Gasteiger partial charge in [0.1, 0.15) is 0 Å². The molecule has 1 rings (SSSR count). The van der Waals surface area contributed by atoms with Crippen LogP contribution in [0.1, 0.15) is 34.6 Å². The Labute approximate surface area is 87.5 Å². The summed E-state index contributed by atoms with van der Waals surface area (Å²) in [5.41, 5.74) is 0.215. The van der Waals surface area contributed by atoms with Crippen molar-refractivity contribution in [3.8, 4) is 0 Å². The molecular weight excluding hydrogens is 176 g/mol. The molecule has 1 aliphatic rings. The second-order valence-corrected chi connectivity index (χ2v) is 5.88. The van der Waals surface area contributed by atoms with Gasteiger partial charge in [0.25, 0.3) is 0 Å². The van der Waals surface area contributed by atoms with E-state index in [9.17, 15) is 5.11 Å². The summed E-state index contributed by atoms with van der Waals surface area (Å²) < 4.78 is 0. The minimum absolute atomic E-state index is 0.107. The highest BCUT2D eigenvalue weighted by Gasteiger charge is 2.37. The summed E-state index contributed by atoms with van der Waals surface area (Å²) in [6.07, 6.45) is -0.254. The molecule has 3 heteroatoms. The first-order chi connectivity index (χ1) is 6.23. The van der Waals surface area contributed by atoms with Crippen LogP contribution in [0.15, 0.2) is 0 Å². The van der Waals surface area contributed by atoms with E-state index in [0.29, 0.717) is 6.54 Å². The number of hydrogen-bond acceptors (Lipinski definition) is 3. The predicted octanol–water partition coefficient (Wildman–Crippen LogP) is 0.830. The number of nitrogens with one attached hydrogen (secondary N) is 1. The largest absolute Gasteiger partial charge is 0.390 e. The van der Waals surface area contributed by atoms with Crippen LogP contribution in [0.2, 0.25) is 0 Å². The van der Waals surface area contributed by atoms with Crippen LogP contribution in [0.3, 0.4) is 0 Å². The van der Waals surface area contributed by atoms with Crippen molar-refractivity contribution >= 4 is 0 Å². The van der Waals surface area contributed by atoms with E-state index >= 15 is 0 Å². The van der Waals surface area contributed by atoms with Crippen molar-refractivity contribution in [2.24, 2.45) is 0 Å². The zero-order chi connectivity index (χ0) is 11.0. The molecule has 84 valence electrons. The first-order valence-electron chi connectivity index (χ1n) is 5.40. The Hall–Kier alpha value is -0.120. The van der Waals surface area contributed by atoms with Crippen LogP contribution in [0.4, 0.5) is 0 Å². The molecule has 14 heavy (non-hydrogen) atoms. The lowest BCUT2D eigenvalue weighted by molar-refractivity contribution is 0.00635. The lowest BCUT2D eigenvalue weighted by Gasteiger charge is -2.46. The third-order valence-electron chi connectivity index (χ3n) is 2.87. The molecule has 0 saturated carbocycles. The standard InChI is InChI=1S/C11H24N2O/c1-10(2,3)13-7-9(14)6-12-8-11(13,4)5/h9,12,14H,6-8H2,1-5H3. The van der Waals surface area contributed by atoms with E-state index < -0.39 is 0 Å². The lowest BCUT2D eigenvalue weighted by Crippen LogP contribution is -2.57.